The summed E-state index contributed by atoms with van der Waals surface area (Å²) in [6.07, 6.45) is 1.04. The highest BCUT2D eigenvalue weighted by molar-refractivity contribution is 7.13. The van der Waals surface area contributed by atoms with Crippen molar-refractivity contribution in [3.8, 4) is 0 Å². The minimum Gasteiger partial charge on any atom is -0.465 e. The van der Waals surface area contributed by atoms with Crippen LogP contribution in [0.2, 0.25) is 0 Å². The van der Waals surface area contributed by atoms with Gasteiger partial charge in [0.2, 0.25) is 0 Å². The van der Waals surface area contributed by atoms with Gasteiger partial charge in [-0.05, 0) is 13.3 Å². The predicted octanol–water partition coefficient (Wildman–Crippen LogP) is 2.75. The van der Waals surface area contributed by atoms with E-state index in [1.165, 1.54) is 18.4 Å². The van der Waals surface area contributed by atoms with E-state index in [9.17, 15) is 4.79 Å². The Balaban J connectivity index is 2.98. The summed E-state index contributed by atoms with van der Waals surface area (Å²) >= 11 is 1.44. The molecule has 0 aliphatic rings. The van der Waals surface area contributed by atoms with Crippen molar-refractivity contribution in [2.75, 3.05) is 7.11 Å². The van der Waals surface area contributed by atoms with Crippen LogP contribution >= 0.6 is 11.3 Å². The first-order valence-electron chi connectivity index (χ1n) is 4.65. The van der Waals surface area contributed by atoms with E-state index in [2.05, 4.69) is 23.6 Å². The average molecular weight is 213 g/mol. The summed E-state index contributed by atoms with van der Waals surface area (Å²) in [6, 6.07) is 0. The molecule has 1 rings (SSSR count). The van der Waals surface area contributed by atoms with E-state index in [1.54, 1.807) is 0 Å². The van der Waals surface area contributed by atoms with Crippen LogP contribution in [0, 0.1) is 6.92 Å². The van der Waals surface area contributed by atoms with Gasteiger partial charge in [-0.1, -0.05) is 13.8 Å². The van der Waals surface area contributed by atoms with Crippen molar-refractivity contribution < 1.29 is 9.53 Å². The third-order valence-electron chi connectivity index (χ3n) is 2.22. The Morgan fingerprint density at radius 2 is 2.29 bits per heavy atom. The van der Waals surface area contributed by atoms with Gasteiger partial charge in [0.1, 0.15) is 4.88 Å². The number of ether oxygens (including phenoxy) is 1. The highest BCUT2D eigenvalue weighted by atomic mass is 32.1. The Labute approximate surface area is 88.1 Å². The average Bonchev–Trinajstić information content (AvgIpc) is 2.58. The molecule has 1 unspecified atom stereocenters. The first-order valence-corrected chi connectivity index (χ1v) is 5.47. The smallest absolute Gasteiger partial charge is 0.349 e. The molecule has 78 valence electrons. The zero-order valence-electron chi connectivity index (χ0n) is 8.96. The fourth-order valence-electron chi connectivity index (χ4n) is 1.08. The molecule has 4 heteroatoms. The Kier molecular flexibility index (Phi) is 3.63. The summed E-state index contributed by atoms with van der Waals surface area (Å²) in [5.41, 5.74) is 0.775. The molecular formula is C10H15NO2S. The molecular weight excluding hydrogens is 198 g/mol. The molecule has 0 saturated carbocycles. The third-order valence-corrected chi connectivity index (χ3v) is 3.59. The number of methoxy groups -OCH3 is 1. The van der Waals surface area contributed by atoms with E-state index in [-0.39, 0.29) is 5.97 Å². The monoisotopic (exact) mass is 213 g/mol. The molecule has 1 aromatic rings. The number of hydrogen-bond acceptors (Lipinski definition) is 4. The number of nitrogens with zero attached hydrogens (tertiary/aromatic N) is 1. The van der Waals surface area contributed by atoms with Gasteiger partial charge in [0.25, 0.3) is 0 Å². The minimum absolute atomic E-state index is 0.283. The first kappa shape index (κ1) is 11.2. The maximum absolute atomic E-state index is 11.3. The summed E-state index contributed by atoms with van der Waals surface area (Å²) in [7, 11) is 1.39. The van der Waals surface area contributed by atoms with E-state index in [1.807, 2.05) is 6.92 Å². The van der Waals surface area contributed by atoms with Gasteiger partial charge in [-0.15, -0.1) is 11.3 Å². The molecule has 1 aromatic heterocycles. The number of carbonyl (C=O) groups excluding carboxylic acids is 1. The van der Waals surface area contributed by atoms with Crippen molar-refractivity contribution in [3.63, 3.8) is 0 Å². The topological polar surface area (TPSA) is 39.2 Å². The molecule has 0 aromatic carbocycles. The van der Waals surface area contributed by atoms with Gasteiger partial charge in [0.05, 0.1) is 17.8 Å². The quantitative estimate of drug-likeness (QED) is 0.725. The van der Waals surface area contributed by atoms with Gasteiger partial charge >= 0.3 is 5.97 Å². The Bertz CT molecular complexity index is 333. The number of rotatable bonds is 3. The number of hydrogen-bond donors (Lipinski definition) is 0. The van der Waals surface area contributed by atoms with Gasteiger partial charge in [0, 0.05) is 5.92 Å². The van der Waals surface area contributed by atoms with E-state index >= 15 is 0 Å². The van der Waals surface area contributed by atoms with Crippen molar-refractivity contribution in [1.29, 1.82) is 0 Å². The summed E-state index contributed by atoms with van der Waals surface area (Å²) in [4.78, 5) is 16.3. The lowest BCUT2D eigenvalue weighted by molar-refractivity contribution is 0.0605. The lowest BCUT2D eigenvalue weighted by Crippen LogP contribution is -1.99. The number of aryl methyl sites for hydroxylation is 1. The summed E-state index contributed by atoms with van der Waals surface area (Å²) in [6.45, 7) is 6.06. The van der Waals surface area contributed by atoms with Crippen molar-refractivity contribution in [3.05, 3.63) is 15.6 Å². The fourth-order valence-corrected chi connectivity index (χ4v) is 2.20. The number of carbonyl (C=O) groups is 1. The molecule has 0 fully saturated rings. The standard InChI is InChI=1S/C10H15NO2S/c1-5-6(2)9-11-7(3)8(14-9)10(12)13-4/h6H,5H2,1-4H3. The minimum atomic E-state index is -0.283. The van der Waals surface area contributed by atoms with Crippen LogP contribution < -0.4 is 0 Å². The maximum atomic E-state index is 11.3. The Morgan fingerprint density at radius 3 is 2.79 bits per heavy atom. The lowest BCUT2D eigenvalue weighted by Gasteiger charge is -2.01. The predicted molar refractivity (Wildman–Crippen MR) is 56.9 cm³/mol. The van der Waals surface area contributed by atoms with Crippen LogP contribution in [0.3, 0.4) is 0 Å². The molecule has 1 heterocycles. The Morgan fingerprint density at radius 1 is 1.64 bits per heavy atom. The second kappa shape index (κ2) is 4.55. The van der Waals surface area contributed by atoms with Crippen LogP contribution in [-0.4, -0.2) is 18.1 Å². The van der Waals surface area contributed by atoms with Gasteiger partial charge in [-0.2, -0.15) is 0 Å². The molecule has 3 nitrogen and oxygen atoms in total. The van der Waals surface area contributed by atoms with Crippen molar-refractivity contribution >= 4 is 17.3 Å². The van der Waals surface area contributed by atoms with Gasteiger partial charge in [-0.25, -0.2) is 9.78 Å². The first-order chi connectivity index (χ1) is 6.60. The highest BCUT2D eigenvalue weighted by Gasteiger charge is 2.17. The number of esters is 1. The van der Waals surface area contributed by atoms with Crippen LogP contribution in [0.15, 0.2) is 0 Å². The summed E-state index contributed by atoms with van der Waals surface area (Å²) in [5.74, 6) is 0.131. The molecule has 0 radical (unpaired) electrons. The van der Waals surface area contributed by atoms with Crippen LogP contribution in [0.5, 0.6) is 0 Å². The van der Waals surface area contributed by atoms with Gasteiger partial charge < -0.3 is 4.74 Å². The van der Waals surface area contributed by atoms with E-state index in [0.29, 0.717) is 10.8 Å². The van der Waals surface area contributed by atoms with Crippen molar-refractivity contribution in [2.45, 2.75) is 33.1 Å². The maximum Gasteiger partial charge on any atom is 0.349 e. The molecule has 0 spiro atoms. The molecule has 0 aliphatic heterocycles. The SMILES string of the molecule is CCC(C)c1nc(C)c(C(=O)OC)s1. The van der Waals surface area contributed by atoms with Crippen LogP contribution in [-0.2, 0) is 4.74 Å². The molecule has 0 saturated heterocycles. The van der Waals surface area contributed by atoms with Crippen LogP contribution in [0.4, 0.5) is 0 Å². The third kappa shape index (κ3) is 2.12. The molecule has 0 amide bonds. The molecule has 14 heavy (non-hydrogen) atoms. The highest BCUT2D eigenvalue weighted by Crippen LogP contribution is 2.27. The fraction of sp³-hybridized carbons (Fsp3) is 0.600. The van der Waals surface area contributed by atoms with E-state index < -0.39 is 0 Å². The lowest BCUT2D eigenvalue weighted by atomic mass is 10.1. The summed E-state index contributed by atoms with van der Waals surface area (Å²) < 4.78 is 4.68. The molecule has 0 aliphatic carbocycles. The molecule has 0 N–H and O–H groups in total. The van der Waals surface area contributed by atoms with E-state index in [4.69, 9.17) is 0 Å². The van der Waals surface area contributed by atoms with Gasteiger partial charge in [0.15, 0.2) is 0 Å². The normalized spacial score (nSPS) is 12.6. The van der Waals surface area contributed by atoms with E-state index in [0.717, 1.165) is 17.1 Å². The van der Waals surface area contributed by atoms with Crippen molar-refractivity contribution in [2.24, 2.45) is 0 Å². The summed E-state index contributed by atoms with van der Waals surface area (Å²) in [5, 5.41) is 1.02. The molecule has 0 bridgehead atoms. The second-order valence-electron chi connectivity index (χ2n) is 3.27. The number of aromatic nitrogens is 1. The van der Waals surface area contributed by atoms with Crippen molar-refractivity contribution in [1.82, 2.24) is 4.98 Å². The number of thiazole rings is 1. The van der Waals surface area contributed by atoms with Gasteiger partial charge in [-0.3, -0.25) is 0 Å². The zero-order chi connectivity index (χ0) is 10.7. The Hall–Kier alpha value is -0.900. The molecule has 1 atom stereocenters. The second-order valence-corrected chi connectivity index (χ2v) is 4.30. The largest absolute Gasteiger partial charge is 0.465 e. The van der Waals surface area contributed by atoms with Crippen LogP contribution in [0.25, 0.3) is 0 Å². The zero-order valence-corrected chi connectivity index (χ0v) is 9.77. The van der Waals surface area contributed by atoms with Crippen LogP contribution in [0.1, 0.15) is 46.6 Å².